The SMILES string of the molecule is CCC1COC(CCC2CC=C(F)CC2)OC1. The van der Waals surface area contributed by atoms with Crippen molar-refractivity contribution in [1.29, 1.82) is 0 Å². The van der Waals surface area contributed by atoms with Gasteiger partial charge in [-0.1, -0.05) is 13.0 Å². The lowest BCUT2D eigenvalue weighted by Crippen LogP contribution is -2.32. The highest BCUT2D eigenvalue weighted by molar-refractivity contribution is 4.97. The first-order valence-corrected chi connectivity index (χ1v) is 6.85. The molecular weight excluding hydrogens is 219 g/mol. The minimum absolute atomic E-state index is 0.0199. The molecular formula is C14H23FO2. The fraction of sp³-hybridized carbons (Fsp3) is 0.857. The Labute approximate surface area is 103 Å². The zero-order valence-corrected chi connectivity index (χ0v) is 10.7. The van der Waals surface area contributed by atoms with Crippen molar-refractivity contribution in [3.05, 3.63) is 11.9 Å². The summed E-state index contributed by atoms with van der Waals surface area (Å²) in [5, 5.41) is 0. The standard InChI is InChI=1S/C14H23FO2/c1-2-11-9-16-14(17-10-11)8-5-12-3-6-13(15)7-4-12/h6,11-12,14H,2-5,7-10H2,1H3. The van der Waals surface area contributed by atoms with Crippen LogP contribution >= 0.6 is 0 Å². The fourth-order valence-corrected chi connectivity index (χ4v) is 2.48. The molecule has 1 saturated heterocycles. The van der Waals surface area contributed by atoms with Crippen molar-refractivity contribution in [3.8, 4) is 0 Å². The molecule has 0 spiro atoms. The van der Waals surface area contributed by atoms with Crippen LogP contribution in [0.4, 0.5) is 4.39 Å². The second-order valence-electron chi connectivity index (χ2n) is 5.24. The fourth-order valence-electron chi connectivity index (χ4n) is 2.48. The normalized spacial score (nSPS) is 34.5. The van der Waals surface area contributed by atoms with Gasteiger partial charge in [0.1, 0.15) is 0 Å². The summed E-state index contributed by atoms with van der Waals surface area (Å²) in [4.78, 5) is 0. The van der Waals surface area contributed by atoms with Crippen molar-refractivity contribution in [1.82, 2.24) is 0 Å². The molecule has 2 rings (SSSR count). The maximum absolute atomic E-state index is 12.8. The Bertz CT molecular complexity index is 257. The molecule has 1 fully saturated rings. The van der Waals surface area contributed by atoms with Crippen LogP contribution in [0.5, 0.6) is 0 Å². The van der Waals surface area contributed by atoms with E-state index in [0.717, 1.165) is 45.3 Å². The number of allylic oxidation sites excluding steroid dienone is 2. The predicted octanol–water partition coefficient (Wildman–Crippen LogP) is 3.82. The minimum atomic E-state index is -0.0199. The Morgan fingerprint density at radius 3 is 2.59 bits per heavy atom. The molecule has 1 heterocycles. The van der Waals surface area contributed by atoms with Gasteiger partial charge in [0.2, 0.25) is 0 Å². The highest BCUT2D eigenvalue weighted by atomic mass is 19.1. The van der Waals surface area contributed by atoms with E-state index in [1.54, 1.807) is 6.08 Å². The van der Waals surface area contributed by atoms with E-state index >= 15 is 0 Å². The van der Waals surface area contributed by atoms with Crippen molar-refractivity contribution < 1.29 is 13.9 Å². The van der Waals surface area contributed by atoms with Crippen molar-refractivity contribution in [2.24, 2.45) is 11.8 Å². The largest absolute Gasteiger partial charge is 0.352 e. The molecule has 0 aromatic carbocycles. The van der Waals surface area contributed by atoms with Gasteiger partial charge < -0.3 is 9.47 Å². The summed E-state index contributed by atoms with van der Waals surface area (Å²) in [5.41, 5.74) is 0. The Morgan fingerprint density at radius 2 is 2.00 bits per heavy atom. The Morgan fingerprint density at radius 1 is 1.24 bits per heavy atom. The van der Waals surface area contributed by atoms with Crippen LogP contribution in [0.1, 0.15) is 45.4 Å². The molecule has 2 aliphatic rings. The van der Waals surface area contributed by atoms with Crippen LogP contribution in [0, 0.1) is 11.8 Å². The van der Waals surface area contributed by atoms with Crippen molar-refractivity contribution in [3.63, 3.8) is 0 Å². The molecule has 0 amide bonds. The molecule has 1 aliphatic heterocycles. The van der Waals surface area contributed by atoms with Gasteiger partial charge in [0.15, 0.2) is 6.29 Å². The molecule has 1 aliphatic carbocycles. The number of hydrogen-bond acceptors (Lipinski definition) is 2. The summed E-state index contributed by atoms with van der Waals surface area (Å²) >= 11 is 0. The molecule has 0 aromatic heterocycles. The zero-order valence-electron chi connectivity index (χ0n) is 10.7. The first-order valence-electron chi connectivity index (χ1n) is 6.85. The summed E-state index contributed by atoms with van der Waals surface area (Å²) in [7, 11) is 0. The summed E-state index contributed by atoms with van der Waals surface area (Å²) < 4.78 is 24.2. The van der Waals surface area contributed by atoms with E-state index in [1.807, 2.05) is 0 Å². The molecule has 0 N–H and O–H groups in total. The maximum Gasteiger partial charge on any atom is 0.157 e. The molecule has 1 atom stereocenters. The molecule has 0 bridgehead atoms. The monoisotopic (exact) mass is 242 g/mol. The van der Waals surface area contributed by atoms with Gasteiger partial charge in [-0.25, -0.2) is 4.39 Å². The van der Waals surface area contributed by atoms with Crippen LogP contribution in [-0.4, -0.2) is 19.5 Å². The van der Waals surface area contributed by atoms with Gasteiger partial charge in [0.25, 0.3) is 0 Å². The summed E-state index contributed by atoms with van der Waals surface area (Å²) in [6.07, 6.45) is 7.37. The summed E-state index contributed by atoms with van der Waals surface area (Å²) in [6, 6.07) is 0. The maximum atomic E-state index is 12.8. The third-order valence-electron chi connectivity index (χ3n) is 3.89. The van der Waals surface area contributed by atoms with Crippen LogP contribution in [0.15, 0.2) is 11.9 Å². The third kappa shape index (κ3) is 4.07. The van der Waals surface area contributed by atoms with Crippen LogP contribution in [0.25, 0.3) is 0 Å². The molecule has 98 valence electrons. The van der Waals surface area contributed by atoms with Crippen LogP contribution in [0.3, 0.4) is 0 Å². The molecule has 1 unspecified atom stereocenters. The average molecular weight is 242 g/mol. The van der Waals surface area contributed by atoms with E-state index in [0.29, 0.717) is 18.3 Å². The molecule has 17 heavy (non-hydrogen) atoms. The van der Waals surface area contributed by atoms with Gasteiger partial charge in [-0.05, 0) is 44.4 Å². The zero-order chi connectivity index (χ0) is 12.1. The second-order valence-corrected chi connectivity index (χ2v) is 5.24. The number of rotatable bonds is 4. The smallest absolute Gasteiger partial charge is 0.157 e. The highest BCUT2D eigenvalue weighted by Crippen LogP contribution is 2.29. The van der Waals surface area contributed by atoms with Gasteiger partial charge in [0.05, 0.1) is 19.0 Å². The van der Waals surface area contributed by atoms with Gasteiger partial charge >= 0.3 is 0 Å². The van der Waals surface area contributed by atoms with Gasteiger partial charge in [-0.15, -0.1) is 0 Å². The Balaban J connectivity index is 1.63. The Hall–Kier alpha value is -0.410. The molecule has 0 aromatic rings. The predicted molar refractivity (Wildman–Crippen MR) is 65.2 cm³/mol. The van der Waals surface area contributed by atoms with E-state index < -0.39 is 0 Å². The van der Waals surface area contributed by atoms with E-state index in [4.69, 9.17) is 9.47 Å². The van der Waals surface area contributed by atoms with Crippen molar-refractivity contribution >= 4 is 0 Å². The second kappa shape index (κ2) is 6.50. The van der Waals surface area contributed by atoms with Crippen LogP contribution in [0.2, 0.25) is 0 Å². The van der Waals surface area contributed by atoms with Crippen molar-refractivity contribution in [2.45, 2.75) is 51.7 Å². The van der Waals surface area contributed by atoms with Gasteiger partial charge in [-0.2, -0.15) is 0 Å². The van der Waals surface area contributed by atoms with Gasteiger partial charge in [-0.3, -0.25) is 0 Å². The van der Waals surface area contributed by atoms with Crippen molar-refractivity contribution in [2.75, 3.05) is 13.2 Å². The van der Waals surface area contributed by atoms with E-state index in [9.17, 15) is 4.39 Å². The third-order valence-corrected chi connectivity index (χ3v) is 3.89. The number of halogens is 1. The summed E-state index contributed by atoms with van der Waals surface area (Å²) in [5.74, 6) is 1.25. The Kier molecular flexibility index (Phi) is 4.99. The quantitative estimate of drug-likeness (QED) is 0.746. The molecule has 2 nitrogen and oxygen atoms in total. The summed E-state index contributed by atoms with van der Waals surface area (Å²) in [6.45, 7) is 3.83. The van der Waals surface area contributed by atoms with E-state index in [2.05, 4.69) is 6.92 Å². The van der Waals surface area contributed by atoms with E-state index in [-0.39, 0.29) is 12.1 Å². The lowest BCUT2D eigenvalue weighted by atomic mass is 9.89. The minimum Gasteiger partial charge on any atom is -0.352 e. The first kappa shape index (κ1) is 13.0. The molecule has 0 radical (unpaired) electrons. The van der Waals surface area contributed by atoms with Crippen LogP contribution < -0.4 is 0 Å². The molecule has 3 heteroatoms. The molecule has 0 saturated carbocycles. The lowest BCUT2D eigenvalue weighted by Gasteiger charge is -2.30. The lowest BCUT2D eigenvalue weighted by molar-refractivity contribution is -0.204. The average Bonchev–Trinajstić information content (AvgIpc) is 2.39. The number of ether oxygens (including phenoxy) is 2. The van der Waals surface area contributed by atoms with Gasteiger partial charge in [0, 0.05) is 5.92 Å². The topological polar surface area (TPSA) is 18.5 Å². The van der Waals surface area contributed by atoms with E-state index in [1.165, 1.54) is 0 Å². The number of hydrogen-bond donors (Lipinski definition) is 0. The highest BCUT2D eigenvalue weighted by Gasteiger charge is 2.22. The first-order chi connectivity index (χ1) is 8.28. The van der Waals surface area contributed by atoms with Crippen LogP contribution in [-0.2, 0) is 9.47 Å².